The second-order valence-electron chi connectivity index (χ2n) is 5.95. The molecule has 128 valence electrons. The first-order valence-corrected chi connectivity index (χ1v) is 8.84. The van der Waals surface area contributed by atoms with Crippen LogP contribution in [-0.2, 0) is 4.79 Å². The molecule has 1 saturated heterocycles. The molecule has 24 heavy (non-hydrogen) atoms. The van der Waals surface area contributed by atoms with Gasteiger partial charge in [0.2, 0.25) is 5.91 Å². The van der Waals surface area contributed by atoms with Gasteiger partial charge in [0.05, 0.1) is 5.02 Å². The highest BCUT2D eigenvalue weighted by Gasteiger charge is 2.19. The molecule has 0 saturated carbocycles. The molecule has 1 fully saturated rings. The summed E-state index contributed by atoms with van der Waals surface area (Å²) in [4.78, 5) is 29.2. The number of carbonyl (C=O) groups is 2. The first-order valence-electron chi connectivity index (χ1n) is 8.09. The average Bonchev–Trinajstić information content (AvgIpc) is 2.92. The highest BCUT2D eigenvalue weighted by Crippen LogP contribution is 2.29. The number of hydrogen-bond acceptors (Lipinski definition) is 2. The smallest absolute Gasteiger partial charge is 0.269 e. The number of hydrogen-bond donors (Lipinski definition) is 2. The molecule has 0 radical (unpaired) electrons. The molecule has 3 rings (SSSR count). The molecule has 0 bridgehead atoms. The van der Waals surface area contributed by atoms with Gasteiger partial charge in [0.15, 0.2) is 0 Å². The van der Waals surface area contributed by atoms with Crippen LogP contribution in [0.25, 0.3) is 10.9 Å². The molecule has 2 heterocycles. The summed E-state index contributed by atoms with van der Waals surface area (Å²) >= 11 is 12.2. The van der Waals surface area contributed by atoms with Crippen LogP contribution >= 0.6 is 23.2 Å². The fraction of sp³-hybridized carbons (Fsp3) is 0.412. The molecule has 0 aliphatic carbocycles. The summed E-state index contributed by atoms with van der Waals surface area (Å²) in [7, 11) is 0. The van der Waals surface area contributed by atoms with Gasteiger partial charge < -0.3 is 15.2 Å². The molecule has 0 unspecified atom stereocenters. The third-order valence-corrected chi connectivity index (χ3v) is 4.89. The van der Waals surface area contributed by atoms with E-state index < -0.39 is 0 Å². The predicted octanol–water partition coefficient (Wildman–Crippen LogP) is 3.61. The van der Waals surface area contributed by atoms with Gasteiger partial charge in [-0.15, -0.1) is 0 Å². The van der Waals surface area contributed by atoms with Crippen LogP contribution in [-0.4, -0.2) is 41.3 Å². The van der Waals surface area contributed by atoms with E-state index in [4.69, 9.17) is 23.2 Å². The fourth-order valence-electron chi connectivity index (χ4n) is 2.96. The topological polar surface area (TPSA) is 65.2 Å². The third kappa shape index (κ3) is 3.68. The lowest BCUT2D eigenvalue weighted by Gasteiger charge is -2.26. The van der Waals surface area contributed by atoms with Gasteiger partial charge in [-0.2, -0.15) is 0 Å². The van der Waals surface area contributed by atoms with Crippen molar-refractivity contribution in [3.05, 3.63) is 33.9 Å². The molecule has 0 atom stereocenters. The number of benzene rings is 1. The van der Waals surface area contributed by atoms with Crippen LogP contribution in [0.15, 0.2) is 18.2 Å². The van der Waals surface area contributed by atoms with Crippen molar-refractivity contribution in [3.63, 3.8) is 0 Å². The van der Waals surface area contributed by atoms with Gasteiger partial charge >= 0.3 is 0 Å². The molecular formula is C17H19Cl2N3O2. The molecule has 1 aromatic heterocycles. The number of piperidine rings is 1. The van der Waals surface area contributed by atoms with Crippen molar-refractivity contribution in [2.24, 2.45) is 0 Å². The Kier molecular flexibility index (Phi) is 5.31. The minimum absolute atomic E-state index is 0.0875. The quantitative estimate of drug-likeness (QED) is 0.866. The largest absolute Gasteiger partial charge is 0.350 e. The molecule has 7 heteroatoms. The Morgan fingerprint density at radius 2 is 1.92 bits per heavy atom. The Morgan fingerprint density at radius 3 is 2.67 bits per heavy atom. The number of aromatic nitrogens is 1. The van der Waals surface area contributed by atoms with Crippen molar-refractivity contribution >= 4 is 45.9 Å². The summed E-state index contributed by atoms with van der Waals surface area (Å²) in [5.41, 5.74) is 1.04. The van der Waals surface area contributed by atoms with Crippen LogP contribution in [0.3, 0.4) is 0 Å². The van der Waals surface area contributed by atoms with E-state index in [1.807, 2.05) is 4.90 Å². The monoisotopic (exact) mass is 367 g/mol. The van der Waals surface area contributed by atoms with E-state index >= 15 is 0 Å². The second kappa shape index (κ2) is 7.45. The number of nitrogens with one attached hydrogen (secondary N) is 2. The van der Waals surface area contributed by atoms with Crippen molar-refractivity contribution in [1.82, 2.24) is 15.2 Å². The molecule has 0 spiro atoms. The second-order valence-corrected chi connectivity index (χ2v) is 6.77. The Bertz CT molecular complexity index is 767. The number of amides is 2. The molecule has 2 amide bonds. The zero-order chi connectivity index (χ0) is 17.1. The molecule has 2 aromatic rings. The predicted molar refractivity (Wildman–Crippen MR) is 95.7 cm³/mol. The molecular weight excluding hydrogens is 349 g/mol. The maximum Gasteiger partial charge on any atom is 0.269 e. The van der Waals surface area contributed by atoms with Crippen molar-refractivity contribution in [1.29, 1.82) is 0 Å². The summed E-state index contributed by atoms with van der Waals surface area (Å²) in [6, 6.07) is 5.22. The lowest BCUT2D eigenvalue weighted by Crippen LogP contribution is -2.37. The zero-order valence-corrected chi connectivity index (χ0v) is 14.7. The van der Waals surface area contributed by atoms with Crippen molar-refractivity contribution in [3.8, 4) is 0 Å². The van der Waals surface area contributed by atoms with Gasteiger partial charge in [-0.05, 0) is 37.5 Å². The van der Waals surface area contributed by atoms with Crippen LogP contribution in [0, 0.1) is 0 Å². The highest BCUT2D eigenvalue weighted by molar-refractivity contribution is 6.39. The average molecular weight is 368 g/mol. The molecule has 1 aliphatic heterocycles. The molecule has 5 nitrogen and oxygen atoms in total. The number of rotatable bonds is 4. The minimum atomic E-state index is -0.321. The van der Waals surface area contributed by atoms with Gasteiger partial charge in [0.25, 0.3) is 5.91 Å². The lowest BCUT2D eigenvalue weighted by molar-refractivity contribution is -0.131. The van der Waals surface area contributed by atoms with Crippen LogP contribution < -0.4 is 5.32 Å². The van der Waals surface area contributed by atoms with Crippen molar-refractivity contribution < 1.29 is 9.59 Å². The normalized spacial score (nSPS) is 14.8. The van der Waals surface area contributed by atoms with Gasteiger partial charge in [-0.1, -0.05) is 23.2 Å². The summed E-state index contributed by atoms with van der Waals surface area (Å²) < 4.78 is 0. The number of nitrogens with zero attached hydrogens (tertiary/aromatic N) is 1. The van der Waals surface area contributed by atoms with Crippen molar-refractivity contribution in [2.75, 3.05) is 19.6 Å². The summed E-state index contributed by atoms with van der Waals surface area (Å²) in [5, 5.41) is 4.36. The van der Waals surface area contributed by atoms with Crippen LogP contribution in [0.2, 0.25) is 10.0 Å². The maximum atomic E-state index is 12.3. The molecule has 1 aromatic carbocycles. The summed E-state index contributed by atoms with van der Waals surface area (Å²) in [6.45, 7) is 1.93. The van der Waals surface area contributed by atoms with Gasteiger partial charge in [-0.3, -0.25) is 9.59 Å². The first kappa shape index (κ1) is 17.1. The number of fused-ring (bicyclic) bond motifs is 1. The van der Waals surface area contributed by atoms with Gasteiger partial charge in [0.1, 0.15) is 5.69 Å². The fourth-order valence-corrected chi connectivity index (χ4v) is 3.42. The first-order chi connectivity index (χ1) is 11.6. The Morgan fingerprint density at radius 1 is 1.17 bits per heavy atom. The van der Waals surface area contributed by atoms with E-state index in [0.717, 1.165) is 31.4 Å². The summed E-state index contributed by atoms with van der Waals surface area (Å²) in [6.07, 6.45) is 3.61. The number of carbonyl (C=O) groups excluding carboxylic acids is 2. The standard InChI is InChI=1S/C17H19Cl2N3O2/c18-11-4-5-13-12(10-11)15(19)16(21-13)17(24)20-7-6-14(23)22-8-2-1-3-9-22/h4-5,10,21H,1-3,6-9H2,(H,20,24). The number of halogens is 2. The van der Waals surface area contributed by atoms with E-state index in [1.165, 1.54) is 6.42 Å². The number of likely N-dealkylation sites (tertiary alicyclic amines) is 1. The van der Waals surface area contributed by atoms with Crippen molar-refractivity contribution in [2.45, 2.75) is 25.7 Å². The Balaban J connectivity index is 1.59. The third-order valence-electron chi connectivity index (χ3n) is 4.26. The maximum absolute atomic E-state index is 12.3. The van der Waals surface area contributed by atoms with E-state index in [-0.39, 0.29) is 11.8 Å². The van der Waals surface area contributed by atoms with E-state index in [1.54, 1.807) is 18.2 Å². The Labute approximate surface area is 150 Å². The van der Waals surface area contributed by atoms with Crippen LogP contribution in [0.4, 0.5) is 0 Å². The lowest BCUT2D eigenvalue weighted by atomic mass is 10.1. The van der Waals surface area contributed by atoms with Gasteiger partial charge in [-0.25, -0.2) is 0 Å². The summed E-state index contributed by atoms with van der Waals surface area (Å²) in [5.74, 6) is -0.233. The Hall–Kier alpha value is -1.72. The zero-order valence-electron chi connectivity index (χ0n) is 13.2. The van der Waals surface area contributed by atoms with Crippen LogP contribution in [0.5, 0.6) is 0 Å². The van der Waals surface area contributed by atoms with E-state index in [9.17, 15) is 9.59 Å². The van der Waals surface area contributed by atoms with Gasteiger partial charge in [0, 0.05) is 42.0 Å². The number of aromatic amines is 1. The SMILES string of the molecule is O=C(NCCC(=O)N1CCCCC1)c1[nH]c2ccc(Cl)cc2c1Cl. The molecule has 2 N–H and O–H groups in total. The highest BCUT2D eigenvalue weighted by atomic mass is 35.5. The van der Waals surface area contributed by atoms with Crippen LogP contribution in [0.1, 0.15) is 36.2 Å². The number of H-pyrrole nitrogens is 1. The van der Waals surface area contributed by atoms with E-state index in [0.29, 0.717) is 34.1 Å². The molecule has 1 aliphatic rings. The van der Waals surface area contributed by atoms with E-state index in [2.05, 4.69) is 10.3 Å². The minimum Gasteiger partial charge on any atom is -0.350 e.